The van der Waals surface area contributed by atoms with Gasteiger partial charge in [-0.25, -0.2) is 0 Å². The Hall–Kier alpha value is -5.98. The van der Waals surface area contributed by atoms with Gasteiger partial charge in [-0.3, -0.25) is 0 Å². The van der Waals surface area contributed by atoms with E-state index >= 15 is 0 Å². The van der Waals surface area contributed by atoms with Gasteiger partial charge in [-0.05, 0) is 125 Å². The lowest BCUT2D eigenvalue weighted by molar-refractivity contribution is 0.327. The van der Waals surface area contributed by atoms with Crippen molar-refractivity contribution in [1.82, 2.24) is 0 Å². The Morgan fingerprint density at radius 1 is 0.456 bits per heavy atom. The highest BCUT2D eigenvalue weighted by Gasteiger charge is 2.57. The second kappa shape index (κ2) is 12.3. The Morgan fingerprint density at radius 3 is 1.88 bits per heavy atom. The van der Waals surface area contributed by atoms with Gasteiger partial charge in [0, 0.05) is 16.7 Å². The zero-order valence-electron chi connectivity index (χ0n) is 32.8. The van der Waals surface area contributed by atoms with Gasteiger partial charge in [0.15, 0.2) is 0 Å². The molecular formula is C57H46. The third-order valence-electron chi connectivity index (χ3n) is 14.9. The molecule has 4 aliphatic carbocycles. The second-order valence-corrected chi connectivity index (χ2v) is 18.0. The molecule has 0 amide bonds. The van der Waals surface area contributed by atoms with Crippen LogP contribution in [0, 0.1) is 11.8 Å². The Bertz CT molecular complexity index is 2890. The van der Waals surface area contributed by atoms with Gasteiger partial charge in [-0.15, -0.1) is 0 Å². The Labute approximate surface area is 336 Å². The van der Waals surface area contributed by atoms with Crippen LogP contribution in [0.5, 0.6) is 0 Å². The lowest BCUT2D eigenvalue weighted by Crippen LogP contribution is -2.31. The first kappa shape index (κ1) is 33.2. The predicted octanol–water partition coefficient (Wildman–Crippen LogP) is 14.7. The molecule has 2 saturated carbocycles. The molecule has 4 aliphatic rings. The maximum Gasteiger partial charge on any atom is 0.0346 e. The molecule has 0 nitrogen and oxygen atoms in total. The summed E-state index contributed by atoms with van der Waals surface area (Å²) in [5.74, 6) is 1.66. The fourth-order valence-electron chi connectivity index (χ4n) is 12.4. The van der Waals surface area contributed by atoms with E-state index in [2.05, 4.69) is 190 Å². The van der Waals surface area contributed by atoms with Crippen molar-refractivity contribution in [2.45, 2.75) is 56.3 Å². The van der Waals surface area contributed by atoms with Crippen LogP contribution >= 0.6 is 0 Å². The fraction of sp³-hybridized carbons (Fsp3) is 0.193. The normalized spacial score (nSPS) is 21.0. The van der Waals surface area contributed by atoms with E-state index in [1.165, 1.54) is 109 Å². The Morgan fingerprint density at radius 2 is 1.09 bits per heavy atom. The highest BCUT2D eigenvalue weighted by molar-refractivity contribution is 6.04. The topological polar surface area (TPSA) is 0 Å². The predicted molar refractivity (Wildman–Crippen MR) is 238 cm³/mol. The summed E-state index contributed by atoms with van der Waals surface area (Å²) < 4.78 is 0. The molecule has 0 aliphatic heterocycles. The minimum atomic E-state index is -0.0737. The molecule has 8 aromatic rings. The van der Waals surface area contributed by atoms with Crippen LogP contribution < -0.4 is 0 Å². The van der Waals surface area contributed by atoms with E-state index < -0.39 is 0 Å². The van der Waals surface area contributed by atoms with E-state index in [4.69, 9.17) is 0 Å². The number of rotatable bonds is 5. The molecule has 1 spiro atoms. The van der Waals surface area contributed by atoms with Crippen LogP contribution in [0.15, 0.2) is 176 Å². The van der Waals surface area contributed by atoms with Gasteiger partial charge in [0.25, 0.3) is 0 Å². The molecule has 0 N–H and O–H groups in total. The van der Waals surface area contributed by atoms with Crippen molar-refractivity contribution in [2.24, 2.45) is 11.8 Å². The van der Waals surface area contributed by atoms with Crippen LogP contribution in [0.2, 0.25) is 0 Å². The van der Waals surface area contributed by atoms with Gasteiger partial charge in [0.1, 0.15) is 0 Å². The van der Waals surface area contributed by atoms with Crippen LogP contribution in [0.4, 0.5) is 0 Å². The second-order valence-electron chi connectivity index (χ2n) is 18.0. The first-order valence-corrected chi connectivity index (χ1v) is 21.2. The van der Waals surface area contributed by atoms with E-state index in [1.807, 2.05) is 0 Å². The van der Waals surface area contributed by atoms with Crippen molar-refractivity contribution in [3.8, 4) is 44.5 Å². The Balaban J connectivity index is 1.05. The summed E-state index contributed by atoms with van der Waals surface area (Å²) >= 11 is 0. The number of benzene rings is 8. The van der Waals surface area contributed by atoms with Crippen LogP contribution in [0.1, 0.15) is 84.4 Å². The van der Waals surface area contributed by atoms with Crippen molar-refractivity contribution in [3.63, 3.8) is 0 Å². The third-order valence-corrected chi connectivity index (χ3v) is 14.9. The largest absolute Gasteiger partial charge is 0.0622 e. The van der Waals surface area contributed by atoms with Gasteiger partial charge in [0.2, 0.25) is 0 Å². The highest BCUT2D eigenvalue weighted by Crippen LogP contribution is 2.66. The summed E-state index contributed by atoms with van der Waals surface area (Å²) in [6.45, 7) is 4.79. The number of hydrogen-bond donors (Lipinski definition) is 0. The standard InChI is InChI=1S/C57H46/c1-56(2)50-20-10-8-17-45(50)46-30-28-40(34-53(46)56)54(39-26-24-38(25-27-39)37-13-4-3-5-14-37)48-32-31-44(42-15-6-7-16-43(42)48)47-19-12-22-52-55(47)49-18-9-11-21-51(49)57(52)35-36-23-29-41(57)33-36/h3-22,24-28,30-32,34,36,41,54H,23,29,33,35H2,1-2H3. The van der Waals surface area contributed by atoms with E-state index in [0.717, 1.165) is 11.8 Å². The summed E-state index contributed by atoms with van der Waals surface area (Å²) in [4.78, 5) is 0. The molecule has 0 saturated heterocycles. The van der Waals surface area contributed by atoms with Crippen molar-refractivity contribution in [2.75, 3.05) is 0 Å². The maximum atomic E-state index is 2.53. The molecule has 2 bridgehead atoms. The molecule has 8 aromatic carbocycles. The van der Waals surface area contributed by atoms with Crippen LogP contribution in [0.3, 0.4) is 0 Å². The van der Waals surface area contributed by atoms with Gasteiger partial charge in [0.05, 0.1) is 0 Å². The molecule has 4 unspecified atom stereocenters. The van der Waals surface area contributed by atoms with Gasteiger partial charge in [-0.1, -0.05) is 196 Å². The summed E-state index contributed by atoms with van der Waals surface area (Å²) in [5, 5.41) is 2.66. The Kier molecular flexibility index (Phi) is 7.14. The molecular weight excluding hydrogens is 685 g/mol. The van der Waals surface area contributed by atoms with Crippen molar-refractivity contribution in [1.29, 1.82) is 0 Å². The molecule has 2 fully saturated rings. The van der Waals surface area contributed by atoms with Crippen molar-refractivity contribution in [3.05, 3.63) is 215 Å². The zero-order valence-corrected chi connectivity index (χ0v) is 32.8. The minimum Gasteiger partial charge on any atom is -0.0622 e. The monoisotopic (exact) mass is 730 g/mol. The van der Waals surface area contributed by atoms with E-state index in [0.29, 0.717) is 0 Å². The maximum absolute atomic E-state index is 2.53. The molecule has 0 heterocycles. The first-order chi connectivity index (χ1) is 28.0. The van der Waals surface area contributed by atoms with Gasteiger partial charge < -0.3 is 0 Å². The molecule has 57 heavy (non-hydrogen) atoms. The number of fused-ring (bicyclic) bond motifs is 12. The average Bonchev–Trinajstić information content (AvgIpc) is 4.01. The third kappa shape index (κ3) is 4.68. The molecule has 12 rings (SSSR count). The quantitative estimate of drug-likeness (QED) is 0.155. The summed E-state index contributed by atoms with van der Waals surface area (Å²) in [6.07, 6.45) is 5.45. The number of hydrogen-bond acceptors (Lipinski definition) is 0. The molecule has 0 heteroatoms. The highest BCUT2D eigenvalue weighted by atomic mass is 14.6. The lowest BCUT2D eigenvalue weighted by Gasteiger charge is -2.36. The van der Waals surface area contributed by atoms with E-state index in [-0.39, 0.29) is 16.7 Å². The van der Waals surface area contributed by atoms with Crippen LogP contribution in [-0.4, -0.2) is 0 Å². The SMILES string of the molecule is CC1(C)c2ccccc2-c2ccc(C(c3ccc(-c4ccccc4)cc3)c3ccc(-c4cccc5c4-c4ccccc4C54CC5CCC4C5)c4ccccc34)cc21. The minimum absolute atomic E-state index is 0.0538. The first-order valence-electron chi connectivity index (χ1n) is 21.2. The lowest BCUT2D eigenvalue weighted by atomic mass is 9.66. The summed E-state index contributed by atoms with van der Waals surface area (Å²) in [7, 11) is 0. The fourth-order valence-corrected chi connectivity index (χ4v) is 12.4. The van der Waals surface area contributed by atoms with Crippen molar-refractivity contribution < 1.29 is 0 Å². The smallest absolute Gasteiger partial charge is 0.0346 e. The molecule has 274 valence electrons. The van der Waals surface area contributed by atoms with Gasteiger partial charge >= 0.3 is 0 Å². The van der Waals surface area contributed by atoms with Crippen LogP contribution in [0.25, 0.3) is 55.3 Å². The summed E-state index contributed by atoms with van der Waals surface area (Å²) in [6, 6.07) is 67.3. The molecule has 0 aromatic heterocycles. The van der Waals surface area contributed by atoms with Crippen molar-refractivity contribution >= 4 is 10.8 Å². The molecule has 4 atom stereocenters. The zero-order chi connectivity index (χ0) is 37.9. The van der Waals surface area contributed by atoms with Crippen LogP contribution in [-0.2, 0) is 10.8 Å². The van der Waals surface area contributed by atoms with E-state index in [9.17, 15) is 0 Å². The van der Waals surface area contributed by atoms with E-state index in [1.54, 1.807) is 11.1 Å². The van der Waals surface area contributed by atoms with Gasteiger partial charge in [-0.2, -0.15) is 0 Å². The molecule has 0 radical (unpaired) electrons. The average molecular weight is 731 g/mol. The summed E-state index contributed by atoms with van der Waals surface area (Å²) in [5.41, 5.74) is 21.0.